The lowest BCUT2D eigenvalue weighted by atomic mass is 9.95. The van der Waals surface area contributed by atoms with Gasteiger partial charge in [0.15, 0.2) is 0 Å². The summed E-state index contributed by atoms with van der Waals surface area (Å²) in [6.45, 7) is 7.93. The van der Waals surface area contributed by atoms with E-state index in [1.807, 2.05) is 18.7 Å². The molecule has 1 saturated heterocycles. The van der Waals surface area contributed by atoms with Crippen LogP contribution in [0.1, 0.15) is 62.4 Å². The number of nitrogens with one attached hydrogen (secondary N) is 1. The molecule has 1 aliphatic rings. The molecule has 2 heterocycles. The Bertz CT molecular complexity index is 413. The summed E-state index contributed by atoms with van der Waals surface area (Å²) in [5, 5.41) is 6.88. The van der Waals surface area contributed by atoms with Gasteiger partial charge in [0.2, 0.25) is 5.82 Å². The summed E-state index contributed by atoms with van der Waals surface area (Å²) < 4.78 is 0. The van der Waals surface area contributed by atoms with Crippen LogP contribution in [-0.4, -0.2) is 39.1 Å². The van der Waals surface area contributed by atoms with E-state index < -0.39 is 0 Å². The molecule has 100 valence electrons. The molecule has 5 heteroatoms. The Morgan fingerprint density at radius 1 is 1.56 bits per heavy atom. The van der Waals surface area contributed by atoms with E-state index in [0.29, 0.717) is 11.7 Å². The van der Waals surface area contributed by atoms with Crippen LogP contribution in [0.15, 0.2) is 0 Å². The molecule has 1 amide bonds. The van der Waals surface area contributed by atoms with Crippen LogP contribution in [0.25, 0.3) is 0 Å². The highest BCUT2D eigenvalue weighted by Crippen LogP contribution is 2.20. The molecule has 1 aromatic heterocycles. The summed E-state index contributed by atoms with van der Waals surface area (Å²) in [6, 6.07) is 0. The number of nitrogens with zero attached hydrogens (tertiary/aromatic N) is 3. The van der Waals surface area contributed by atoms with Crippen molar-refractivity contribution in [1.82, 2.24) is 20.1 Å². The van der Waals surface area contributed by atoms with Crippen molar-refractivity contribution in [2.24, 2.45) is 5.92 Å². The molecule has 0 saturated carbocycles. The number of hydrogen-bond acceptors (Lipinski definition) is 3. The Balaban J connectivity index is 2.05. The molecule has 1 fully saturated rings. The zero-order valence-corrected chi connectivity index (χ0v) is 11.4. The number of carbonyl (C=O) groups excluding carboxylic acids is 1. The third-order valence-electron chi connectivity index (χ3n) is 3.62. The number of aromatic amines is 1. The first-order valence-corrected chi connectivity index (χ1v) is 6.83. The van der Waals surface area contributed by atoms with E-state index in [0.717, 1.165) is 31.8 Å². The van der Waals surface area contributed by atoms with Crippen LogP contribution in [0.3, 0.4) is 0 Å². The largest absolute Gasteiger partial charge is 0.336 e. The first kappa shape index (κ1) is 13.1. The van der Waals surface area contributed by atoms with Gasteiger partial charge in [-0.2, -0.15) is 0 Å². The summed E-state index contributed by atoms with van der Waals surface area (Å²) >= 11 is 0. The molecular formula is C13H22N4O. The number of piperidine rings is 1. The maximum Gasteiger partial charge on any atom is 0.293 e. The van der Waals surface area contributed by atoms with E-state index in [2.05, 4.69) is 22.1 Å². The second-order valence-corrected chi connectivity index (χ2v) is 5.37. The van der Waals surface area contributed by atoms with Crippen LogP contribution in [0, 0.1) is 5.92 Å². The molecule has 0 aliphatic carbocycles. The standard InChI is InChI=1S/C13H22N4O/c1-4-10-6-5-7-17(8-10)13(18)12-14-11(9(2)3)15-16-12/h9-10H,4-8H2,1-3H3,(H,14,15,16). The van der Waals surface area contributed by atoms with Gasteiger partial charge in [-0.25, -0.2) is 4.98 Å². The van der Waals surface area contributed by atoms with Gasteiger partial charge in [0.1, 0.15) is 5.82 Å². The maximum absolute atomic E-state index is 12.3. The zero-order chi connectivity index (χ0) is 13.1. The smallest absolute Gasteiger partial charge is 0.293 e. The van der Waals surface area contributed by atoms with E-state index >= 15 is 0 Å². The molecular weight excluding hydrogens is 228 g/mol. The Morgan fingerprint density at radius 3 is 2.94 bits per heavy atom. The minimum Gasteiger partial charge on any atom is -0.336 e. The summed E-state index contributed by atoms with van der Waals surface area (Å²) in [6.07, 6.45) is 3.45. The third kappa shape index (κ3) is 2.71. The fourth-order valence-corrected chi connectivity index (χ4v) is 2.35. The molecule has 0 bridgehead atoms. The highest BCUT2D eigenvalue weighted by molar-refractivity contribution is 5.90. The van der Waals surface area contributed by atoms with E-state index in [4.69, 9.17) is 0 Å². The minimum absolute atomic E-state index is 0.0312. The van der Waals surface area contributed by atoms with Gasteiger partial charge in [-0.1, -0.05) is 27.2 Å². The van der Waals surface area contributed by atoms with Crippen molar-refractivity contribution >= 4 is 5.91 Å². The first-order valence-electron chi connectivity index (χ1n) is 6.83. The fraction of sp³-hybridized carbons (Fsp3) is 0.769. The number of rotatable bonds is 3. The lowest BCUT2D eigenvalue weighted by molar-refractivity contribution is 0.0659. The highest BCUT2D eigenvalue weighted by Gasteiger charge is 2.26. The molecule has 2 rings (SSSR count). The molecule has 0 radical (unpaired) electrons. The molecule has 0 aromatic carbocycles. The molecule has 18 heavy (non-hydrogen) atoms. The van der Waals surface area contributed by atoms with Gasteiger partial charge < -0.3 is 4.90 Å². The predicted molar refractivity (Wildman–Crippen MR) is 69.4 cm³/mol. The number of hydrogen-bond donors (Lipinski definition) is 1. The summed E-state index contributed by atoms with van der Waals surface area (Å²) in [4.78, 5) is 18.4. The molecule has 1 unspecified atom stereocenters. The Kier molecular flexibility index (Phi) is 3.99. The molecule has 0 spiro atoms. The second-order valence-electron chi connectivity index (χ2n) is 5.37. The maximum atomic E-state index is 12.3. The lowest BCUT2D eigenvalue weighted by Gasteiger charge is -2.31. The first-order chi connectivity index (χ1) is 8.61. The Hall–Kier alpha value is -1.39. The molecule has 5 nitrogen and oxygen atoms in total. The molecule has 1 aliphatic heterocycles. The van der Waals surface area contributed by atoms with Gasteiger partial charge in [-0.05, 0) is 18.8 Å². The molecule has 1 aromatic rings. The van der Waals surface area contributed by atoms with Crippen LogP contribution in [0.4, 0.5) is 0 Å². The fourth-order valence-electron chi connectivity index (χ4n) is 2.35. The topological polar surface area (TPSA) is 61.9 Å². The van der Waals surface area contributed by atoms with E-state index in [1.165, 1.54) is 6.42 Å². The van der Waals surface area contributed by atoms with E-state index in [1.54, 1.807) is 0 Å². The molecule has 1 N–H and O–H groups in total. The van der Waals surface area contributed by atoms with Crippen molar-refractivity contribution in [2.75, 3.05) is 13.1 Å². The third-order valence-corrected chi connectivity index (χ3v) is 3.62. The van der Waals surface area contributed by atoms with Crippen molar-refractivity contribution in [3.63, 3.8) is 0 Å². The van der Waals surface area contributed by atoms with Gasteiger partial charge in [0.25, 0.3) is 5.91 Å². The van der Waals surface area contributed by atoms with Crippen molar-refractivity contribution in [1.29, 1.82) is 0 Å². The summed E-state index contributed by atoms with van der Waals surface area (Å²) in [7, 11) is 0. The highest BCUT2D eigenvalue weighted by atomic mass is 16.2. The minimum atomic E-state index is -0.0312. The summed E-state index contributed by atoms with van der Waals surface area (Å²) in [5.74, 6) is 1.96. The van der Waals surface area contributed by atoms with Gasteiger partial charge in [0.05, 0.1) is 0 Å². The van der Waals surface area contributed by atoms with Crippen LogP contribution >= 0.6 is 0 Å². The SMILES string of the molecule is CCC1CCCN(C(=O)c2n[nH]c(C(C)C)n2)C1. The van der Waals surface area contributed by atoms with Crippen molar-refractivity contribution in [3.05, 3.63) is 11.6 Å². The van der Waals surface area contributed by atoms with Crippen LogP contribution in [0.5, 0.6) is 0 Å². The summed E-state index contributed by atoms with van der Waals surface area (Å²) in [5.41, 5.74) is 0. The van der Waals surface area contributed by atoms with E-state index in [-0.39, 0.29) is 11.8 Å². The zero-order valence-electron chi connectivity index (χ0n) is 11.4. The monoisotopic (exact) mass is 250 g/mol. The molecule has 1 atom stereocenters. The van der Waals surface area contributed by atoms with Gasteiger partial charge >= 0.3 is 0 Å². The van der Waals surface area contributed by atoms with Crippen molar-refractivity contribution < 1.29 is 4.79 Å². The van der Waals surface area contributed by atoms with Crippen LogP contribution < -0.4 is 0 Å². The van der Waals surface area contributed by atoms with Crippen LogP contribution in [-0.2, 0) is 0 Å². The average Bonchev–Trinajstić information content (AvgIpc) is 2.87. The van der Waals surface area contributed by atoms with Crippen molar-refractivity contribution in [3.8, 4) is 0 Å². The number of carbonyl (C=O) groups is 1. The predicted octanol–water partition coefficient (Wildman–Crippen LogP) is 2.19. The number of amides is 1. The normalized spacial score (nSPS) is 20.4. The second kappa shape index (κ2) is 5.50. The van der Waals surface area contributed by atoms with Crippen LogP contribution in [0.2, 0.25) is 0 Å². The Labute approximate surface area is 108 Å². The van der Waals surface area contributed by atoms with Crippen molar-refractivity contribution in [2.45, 2.75) is 46.0 Å². The van der Waals surface area contributed by atoms with Gasteiger partial charge in [0, 0.05) is 19.0 Å². The van der Waals surface area contributed by atoms with Gasteiger partial charge in [-0.3, -0.25) is 9.89 Å². The van der Waals surface area contributed by atoms with E-state index in [9.17, 15) is 4.79 Å². The number of likely N-dealkylation sites (tertiary alicyclic amines) is 1. The Morgan fingerprint density at radius 2 is 2.33 bits per heavy atom. The quantitative estimate of drug-likeness (QED) is 0.894. The number of aromatic nitrogens is 3. The van der Waals surface area contributed by atoms with Gasteiger partial charge in [-0.15, -0.1) is 5.10 Å². The number of H-pyrrole nitrogens is 1. The average molecular weight is 250 g/mol. The lowest BCUT2D eigenvalue weighted by Crippen LogP contribution is -2.40.